The minimum Gasteiger partial charge on any atom is -0.394 e. The first-order valence-electron chi connectivity index (χ1n) is 5.94. The maximum Gasteiger partial charge on any atom is 0.214 e. The largest absolute Gasteiger partial charge is 0.394 e. The highest BCUT2D eigenvalue weighted by Crippen LogP contribution is 2.16. The molecular formula is C11H26N2O3S. The van der Waals surface area contributed by atoms with Crippen molar-refractivity contribution in [1.82, 2.24) is 9.62 Å². The molecule has 0 aliphatic rings. The van der Waals surface area contributed by atoms with E-state index in [1.165, 1.54) is 11.4 Å². The van der Waals surface area contributed by atoms with Crippen LogP contribution in [0.3, 0.4) is 0 Å². The van der Waals surface area contributed by atoms with Crippen molar-refractivity contribution in [1.29, 1.82) is 0 Å². The number of hydrogen-bond donors (Lipinski definition) is 2. The number of likely N-dealkylation sites (N-methyl/N-ethyl adjacent to an activating group) is 1. The molecule has 2 N–H and O–H groups in total. The minimum absolute atomic E-state index is 0.104. The average Bonchev–Trinajstić information content (AvgIpc) is 2.23. The molecule has 0 heterocycles. The molecule has 0 rings (SSSR count). The van der Waals surface area contributed by atoms with Crippen molar-refractivity contribution in [2.75, 3.05) is 26.0 Å². The summed E-state index contributed by atoms with van der Waals surface area (Å²) in [6.07, 6.45) is 0.576. The van der Waals surface area contributed by atoms with Gasteiger partial charge in [-0.05, 0) is 26.8 Å². The summed E-state index contributed by atoms with van der Waals surface area (Å²) >= 11 is 0. The summed E-state index contributed by atoms with van der Waals surface area (Å²) in [6.45, 7) is 7.95. The molecule has 0 spiro atoms. The van der Waals surface area contributed by atoms with E-state index in [-0.39, 0.29) is 12.4 Å². The Hall–Kier alpha value is -0.170. The van der Waals surface area contributed by atoms with Gasteiger partial charge in [0.05, 0.1) is 17.9 Å². The van der Waals surface area contributed by atoms with Crippen molar-refractivity contribution in [2.24, 2.45) is 0 Å². The molecule has 0 saturated heterocycles. The lowest BCUT2D eigenvalue weighted by molar-refractivity contribution is 0.138. The van der Waals surface area contributed by atoms with Crippen LogP contribution in [-0.2, 0) is 10.0 Å². The molecule has 0 aromatic rings. The van der Waals surface area contributed by atoms with Gasteiger partial charge in [-0.25, -0.2) is 8.42 Å². The summed E-state index contributed by atoms with van der Waals surface area (Å²) in [5, 5.41) is 12.3. The second kappa shape index (κ2) is 6.68. The lowest BCUT2D eigenvalue weighted by Gasteiger charge is -2.32. The van der Waals surface area contributed by atoms with E-state index >= 15 is 0 Å². The number of rotatable bonds is 8. The van der Waals surface area contributed by atoms with Gasteiger partial charge in [0.1, 0.15) is 0 Å². The lowest BCUT2D eigenvalue weighted by Crippen LogP contribution is -2.48. The third kappa shape index (κ3) is 5.81. The van der Waals surface area contributed by atoms with E-state index in [0.717, 1.165) is 0 Å². The number of aliphatic hydroxyl groups excluding tert-OH is 1. The van der Waals surface area contributed by atoms with Crippen molar-refractivity contribution >= 4 is 10.0 Å². The zero-order valence-electron chi connectivity index (χ0n) is 11.5. The number of aliphatic hydroxyl groups is 1. The number of nitrogens with one attached hydrogen (secondary N) is 1. The molecule has 0 aromatic heterocycles. The van der Waals surface area contributed by atoms with Crippen LogP contribution < -0.4 is 5.32 Å². The normalized spacial score (nSPS) is 13.6. The quantitative estimate of drug-likeness (QED) is 0.624. The molecule has 0 aliphatic heterocycles. The Morgan fingerprint density at radius 1 is 1.35 bits per heavy atom. The summed E-state index contributed by atoms with van der Waals surface area (Å²) in [5.41, 5.74) is -0.746. The van der Waals surface area contributed by atoms with Gasteiger partial charge in [0.2, 0.25) is 10.0 Å². The molecule has 0 atom stereocenters. The van der Waals surface area contributed by atoms with E-state index in [1.807, 2.05) is 13.8 Å². The minimum atomic E-state index is -3.29. The van der Waals surface area contributed by atoms with Gasteiger partial charge in [0.15, 0.2) is 0 Å². The number of nitrogens with zero attached hydrogens (tertiary/aromatic N) is 1. The van der Waals surface area contributed by atoms with Crippen LogP contribution in [0.2, 0.25) is 0 Å². The Kier molecular flexibility index (Phi) is 6.61. The second-order valence-corrected chi connectivity index (χ2v) is 7.34. The molecule has 0 radical (unpaired) electrons. The van der Waals surface area contributed by atoms with Gasteiger partial charge in [-0.15, -0.1) is 0 Å². The number of hydrogen-bond acceptors (Lipinski definition) is 4. The van der Waals surface area contributed by atoms with Gasteiger partial charge in [0, 0.05) is 13.1 Å². The highest BCUT2D eigenvalue weighted by molar-refractivity contribution is 7.89. The molecule has 104 valence electrons. The predicted octanol–water partition coefficient (Wildman–Crippen LogP) is 0.407. The summed E-state index contributed by atoms with van der Waals surface area (Å²) in [5.74, 6) is 0.104. The number of sulfonamides is 1. The fourth-order valence-electron chi connectivity index (χ4n) is 1.26. The van der Waals surface area contributed by atoms with Crippen molar-refractivity contribution in [3.63, 3.8) is 0 Å². The molecule has 0 fully saturated rings. The first kappa shape index (κ1) is 16.8. The first-order valence-corrected chi connectivity index (χ1v) is 7.55. The van der Waals surface area contributed by atoms with Crippen LogP contribution in [-0.4, -0.2) is 55.4 Å². The van der Waals surface area contributed by atoms with Crippen molar-refractivity contribution in [3.05, 3.63) is 0 Å². The summed E-state index contributed by atoms with van der Waals surface area (Å²) in [4.78, 5) is 0. The smallest absolute Gasteiger partial charge is 0.214 e. The van der Waals surface area contributed by atoms with Gasteiger partial charge in [-0.1, -0.05) is 13.8 Å². The van der Waals surface area contributed by atoms with Gasteiger partial charge in [-0.3, -0.25) is 0 Å². The molecule has 0 aromatic carbocycles. The third-order valence-corrected chi connectivity index (χ3v) is 4.92. The zero-order valence-corrected chi connectivity index (χ0v) is 12.3. The van der Waals surface area contributed by atoms with Crippen molar-refractivity contribution in [3.8, 4) is 0 Å². The lowest BCUT2D eigenvalue weighted by atomic mass is 10.1. The molecule has 6 heteroatoms. The Balaban J connectivity index is 4.30. The maximum absolute atomic E-state index is 12.0. The third-order valence-electron chi connectivity index (χ3n) is 2.79. The van der Waals surface area contributed by atoms with E-state index < -0.39 is 15.6 Å². The van der Waals surface area contributed by atoms with Crippen LogP contribution in [0.25, 0.3) is 0 Å². The average molecular weight is 266 g/mol. The Bertz CT molecular complexity index is 313. The highest BCUT2D eigenvalue weighted by Gasteiger charge is 2.31. The highest BCUT2D eigenvalue weighted by atomic mass is 32.2. The van der Waals surface area contributed by atoms with Crippen molar-refractivity contribution < 1.29 is 13.5 Å². The van der Waals surface area contributed by atoms with Crippen LogP contribution in [0, 0.1) is 0 Å². The van der Waals surface area contributed by atoms with E-state index in [1.54, 1.807) is 13.8 Å². The zero-order chi connectivity index (χ0) is 13.7. The molecular weight excluding hydrogens is 240 g/mol. The molecule has 0 unspecified atom stereocenters. The van der Waals surface area contributed by atoms with E-state index in [2.05, 4.69) is 5.32 Å². The SMILES string of the molecule is CC(C)NCCCS(=O)(=O)N(C)C(C)(C)CO. The van der Waals surface area contributed by atoms with Gasteiger partial charge in [0.25, 0.3) is 0 Å². The summed E-state index contributed by atoms with van der Waals surface area (Å²) in [7, 11) is -1.78. The maximum atomic E-state index is 12.0. The van der Waals surface area contributed by atoms with E-state index in [4.69, 9.17) is 5.11 Å². The fraction of sp³-hybridized carbons (Fsp3) is 1.00. The fourth-order valence-corrected chi connectivity index (χ4v) is 2.85. The molecule has 17 heavy (non-hydrogen) atoms. The monoisotopic (exact) mass is 266 g/mol. The molecule has 0 amide bonds. The Labute approximate surface area is 105 Å². The van der Waals surface area contributed by atoms with Gasteiger partial charge >= 0.3 is 0 Å². The molecule has 5 nitrogen and oxygen atoms in total. The van der Waals surface area contributed by atoms with Crippen LogP contribution in [0.4, 0.5) is 0 Å². The second-order valence-electron chi connectivity index (χ2n) is 5.22. The van der Waals surface area contributed by atoms with Crippen molar-refractivity contribution in [2.45, 2.75) is 45.7 Å². The van der Waals surface area contributed by atoms with Crippen LogP contribution >= 0.6 is 0 Å². The predicted molar refractivity (Wildman–Crippen MR) is 70.5 cm³/mol. The van der Waals surface area contributed by atoms with E-state index in [0.29, 0.717) is 19.0 Å². The Morgan fingerprint density at radius 3 is 2.29 bits per heavy atom. The van der Waals surface area contributed by atoms with Gasteiger partial charge < -0.3 is 10.4 Å². The summed E-state index contributed by atoms with van der Waals surface area (Å²) in [6, 6.07) is 0.365. The standard InChI is InChI=1S/C11H26N2O3S/c1-10(2)12-7-6-8-17(15,16)13(5)11(3,4)9-14/h10,12,14H,6-9H2,1-5H3. The molecule has 0 bridgehead atoms. The van der Waals surface area contributed by atoms with Gasteiger partial charge in [-0.2, -0.15) is 4.31 Å². The van der Waals surface area contributed by atoms with Crippen LogP contribution in [0.15, 0.2) is 0 Å². The molecule has 0 saturated carbocycles. The van der Waals surface area contributed by atoms with E-state index in [9.17, 15) is 8.42 Å². The topological polar surface area (TPSA) is 69.6 Å². The first-order chi connectivity index (χ1) is 7.63. The molecule has 0 aliphatic carbocycles. The summed E-state index contributed by atoms with van der Waals surface area (Å²) < 4.78 is 25.2. The van der Waals surface area contributed by atoms with Crippen LogP contribution in [0.5, 0.6) is 0 Å². The van der Waals surface area contributed by atoms with Crippen LogP contribution in [0.1, 0.15) is 34.1 Å². The Morgan fingerprint density at radius 2 is 1.88 bits per heavy atom.